The monoisotopic (exact) mass is 507 g/mol. The first-order chi connectivity index (χ1) is 16.8. The molecule has 0 aliphatic heterocycles. The number of hydrogen-bond acceptors (Lipinski definition) is 8. The molecule has 3 rings (SSSR count). The van der Waals surface area contributed by atoms with E-state index in [2.05, 4.69) is 15.1 Å². The number of aromatic nitrogens is 4. The second-order valence-corrected chi connectivity index (χ2v) is 10.00. The number of aliphatic hydroxyl groups excluding tert-OH is 1. The molecule has 0 unspecified atom stereocenters. The molecule has 2 N–H and O–H groups in total. The fraction of sp³-hybridized carbons (Fsp3) is 0.522. The van der Waals surface area contributed by atoms with Gasteiger partial charge in [0.25, 0.3) is 5.56 Å². The third-order valence-electron chi connectivity index (χ3n) is 5.45. The second kappa shape index (κ2) is 11.8. The van der Waals surface area contributed by atoms with Crippen molar-refractivity contribution in [3.05, 3.63) is 34.2 Å². The third kappa shape index (κ3) is 5.72. The van der Waals surface area contributed by atoms with Gasteiger partial charge in [0.1, 0.15) is 17.1 Å². The Kier molecular flexibility index (Phi) is 9.00. The van der Waals surface area contributed by atoms with Crippen LogP contribution in [0.2, 0.25) is 0 Å². The molecule has 0 bridgehead atoms. The van der Waals surface area contributed by atoms with Crippen molar-refractivity contribution < 1.29 is 23.0 Å². The molecule has 0 radical (unpaired) electrons. The van der Waals surface area contributed by atoms with Crippen LogP contribution >= 0.6 is 0 Å². The van der Waals surface area contributed by atoms with E-state index < -0.39 is 10.0 Å². The molecule has 11 nitrogen and oxygen atoms in total. The number of fused-ring (bicyclic) bond motifs is 1. The largest absolute Gasteiger partial charge is 0.493 e. The molecule has 0 saturated carbocycles. The summed E-state index contributed by atoms with van der Waals surface area (Å²) in [4.78, 5) is 20.4. The Hall–Kier alpha value is -2.80. The molecule has 0 aliphatic rings. The second-order valence-electron chi connectivity index (χ2n) is 8.06. The number of hydrogen-bond donors (Lipinski definition) is 2. The molecule has 0 saturated heterocycles. The summed E-state index contributed by atoms with van der Waals surface area (Å²) in [5.41, 5.74) is 1.50. The van der Waals surface area contributed by atoms with E-state index in [0.717, 1.165) is 17.1 Å². The van der Waals surface area contributed by atoms with Gasteiger partial charge in [0.15, 0.2) is 5.52 Å². The van der Waals surface area contributed by atoms with Crippen LogP contribution in [0.1, 0.15) is 32.4 Å². The minimum Gasteiger partial charge on any atom is -0.493 e. The fourth-order valence-electron chi connectivity index (χ4n) is 3.78. The van der Waals surface area contributed by atoms with Crippen LogP contribution in [0.4, 0.5) is 0 Å². The van der Waals surface area contributed by atoms with Gasteiger partial charge >= 0.3 is 0 Å². The predicted molar refractivity (Wildman–Crippen MR) is 132 cm³/mol. The first-order valence-electron chi connectivity index (χ1n) is 11.6. The Labute approximate surface area is 204 Å². The normalized spacial score (nSPS) is 12.1. The van der Waals surface area contributed by atoms with E-state index in [1.165, 1.54) is 23.9 Å². The zero-order chi connectivity index (χ0) is 25.6. The van der Waals surface area contributed by atoms with Crippen molar-refractivity contribution in [2.75, 3.05) is 40.0 Å². The van der Waals surface area contributed by atoms with Gasteiger partial charge in [-0.15, -0.1) is 0 Å². The van der Waals surface area contributed by atoms with Crippen molar-refractivity contribution in [3.63, 3.8) is 0 Å². The number of H-pyrrole nitrogens is 1. The number of nitrogens with zero attached hydrogens (tertiary/aromatic N) is 4. The summed E-state index contributed by atoms with van der Waals surface area (Å²) in [7, 11) is -0.798. The Morgan fingerprint density at radius 2 is 1.94 bits per heavy atom. The molecule has 2 heterocycles. The van der Waals surface area contributed by atoms with Gasteiger partial charge in [0, 0.05) is 27.2 Å². The van der Waals surface area contributed by atoms with Crippen LogP contribution in [-0.4, -0.2) is 77.6 Å². The molecular formula is C23H33N5O6S. The summed E-state index contributed by atoms with van der Waals surface area (Å²) >= 11 is 0. The molecule has 1 aromatic carbocycles. The molecule has 35 heavy (non-hydrogen) atoms. The third-order valence-corrected chi connectivity index (χ3v) is 7.34. The highest BCUT2D eigenvalue weighted by Gasteiger charge is 2.26. The molecule has 0 atom stereocenters. The summed E-state index contributed by atoms with van der Waals surface area (Å²) in [6.07, 6.45) is 2.22. The molecule has 12 heteroatoms. The Balaban J connectivity index is 2.20. The molecule has 0 aliphatic carbocycles. The van der Waals surface area contributed by atoms with E-state index in [4.69, 9.17) is 9.47 Å². The van der Waals surface area contributed by atoms with Gasteiger partial charge in [0.05, 0.1) is 36.0 Å². The number of methoxy groups -OCH3 is 1. The van der Waals surface area contributed by atoms with Gasteiger partial charge in [-0.1, -0.05) is 20.3 Å². The number of aliphatic hydroxyl groups is 1. The highest BCUT2D eigenvalue weighted by molar-refractivity contribution is 7.89. The van der Waals surface area contributed by atoms with Crippen molar-refractivity contribution in [2.45, 2.75) is 38.0 Å². The van der Waals surface area contributed by atoms with Crippen molar-refractivity contribution in [1.29, 1.82) is 0 Å². The SMILES string of the molecule is CCCOc1ccc(S(=O)(=O)N(CCO)CCOC)cc1-c1nc2c(CCC)nn(C)c2c(=O)[nH]1. The smallest absolute Gasteiger partial charge is 0.277 e. The quantitative estimate of drug-likeness (QED) is 0.356. The minimum absolute atomic E-state index is 0.0105. The lowest BCUT2D eigenvalue weighted by atomic mass is 10.1. The Bertz CT molecular complexity index is 1320. The topological polar surface area (TPSA) is 140 Å². The maximum absolute atomic E-state index is 13.4. The van der Waals surface area contributed by atoms with Gasteiger partial charge in [-0.2, -0.15) is 9.40 Å². The predicted octanol–water partition coefficient (Wildman–Crippen LogP) is 1.69. The summed E-state index contributed by atoms with van der Waals surface area (Å²) in [6.45, 7) is 4.23. The summed E-state index contributed by atoms with van der Waals surface area (Å²) in [6, 6.07) is 4.45. The van der Waals surface area contributed by atoms with Gasteiger partial charge in [0.2, 0.25) is 10.0 Å². The molecule has 2 aromatic heterocycles. The van der Waals surface area contributed by atoms with E-state index in [1.54, 1.807) is 13.1 Å². The minimum atomic E-state index is -3.97. The van der Waals surface area contributed by atoms with E-state index in [1.807, 2.05) is 13.8 Å². The molecule has 3 aromatic rings. The van der Waals surface area contributed by atoms with Crippen LogP contribution in [0, 0.1) is 0 Å². The van der Waals surface area contributed by atoms with Crippen LogP contribution in [0.15, 0.2) is 27.9 Å². The lowest BCUT2D eigenvalue weighted by Crippen LogP contribution is -2.36. The van der Waals surface area contributed by atoms with Crippen LogP contribution in [0.3, 0.4) is 0 Å². The molecular weight excluding hydrogens is 474 g/mol. The van der Waals surface area contributed by atoms with Crippen molar-refractivity contribution >= 4 is 21.1 Å². The maximum Gasteiger partial charge on any atom is 0.277 e. The van der Waals surface area contributed by atoms with Gasteiger partial charge in [-0.3, -0.25) is 9.48 Å². The van der Waals surface area contributed by atoms with Crippen LogP contribution < -0.4 is 10.3 Å². The average molecular weight is 508 g/mol. The van der Waals surface area contributed by atoms with Crippen molar-refractivity contribution in [1.82, 2.24) is 24.1 Å². The summed E-state index contributed by atoms with van der Waals surface area (Å²) in [5, 5.41) is 13.8. The number of rotatable bonds is 13. The lowest BCUT2D eigenvalue weighted by molar-refractivity contribution is 0.168. The van der Waals surface area contributed by atoms with E-state index in [9.17, 15) is 18.3 Å². The highest BCUT2D eigenvalue weighted by atomic mass is 32.2. The fourth-order valence-corrected chi connectivity index (χ4v) is 5.22. The maximum atomic E-state index is 13.4. The van der Waals surface area contributed by atoms with E-state index in [-0.39, 0.29) is 42.6 Å². The summed E-state index contributed by atoms with van der Waals surface area (Å²) < 4.78 is 40.3. The number of aryl methyl sites for hydroxylation is 2. The lowest BCUT2D eigenvalue weighted by Gasteiger charge is -2.21. The molecule has 0 amide bonds. The van der Waals surface area contributed by atoms with Gasteiger partial charge < -0.3 is 19.6 Å². The molecule has 0 fully saturated rings. The van der Waals surface area contributed by atoms with Crippen LogP contribution in [0.25, 0.3) is 22.4 Å². The number of benzene rings is 1. The van der Waals surface area contributed by atoms with E-state index in [0.29, 0.717) is 41.1 Å². The average Bonchev–Trinajstić information content (AvgIpc) is 3.15. The first kappa shape index (κ1) is 26.8. The zero-order valence-corrected chi connectivity index (χ0v) is 21.4. The number of nitrogens with one attached hydrogen (secondary N) is 1. The Morgan fingerprint density at radius 3 is 2.60 bits per heavy atom. The van der Waals surface area contributed by atoms with Crippen molar-refractivity contribution in [3.8, 4) is 17.1 Å². The number of sulfonamides is 1. The Morgan fingerprint density at radius 1 is 1.17 bits per heavy atom. The standard InChI is InChI=1S/C23H33N5O6S/c1-5-7-18-20-21(27(3)26-18)23(30)25-22(24-20)17-15-16(8-9-19(17)34-13-6-2)35(31,32)28(10-12-29)11-14-33-4/h8-9,15,29H,5-7,10-14H2,1-4H3,(H,24,25,30). The van der Waals surface area contributed by atoms with Crippen LogP contribution in [-0.2, 0) is 28.2 Å². The first-order valence-corrected chi connectivity index (χ1v) is 13.1. The van der Waals surface area contributed by atoms with Gasteiger partial charge in [-0.05, 0) is 31.0 Å². The van der Waals surface area contributed by atoms with Crippen molar-refractivity contribution in [2.24, 2.45) is 7.05 Å². The van der Waals surface area contributed by atoms with Gasteiger partial charge in [-0.25, -0.2) is 13.4 Å². The molecule has 192 valence electrons. The molecule has 0 spiro atoms. The number of ether oxygens (including phenoxy) is 2. The highest BCUT2D eigenvalue weighted by Crippen LogP contribution is 2.32. The zero-order valence-electron chi connectivity index (χ0n) is 20.6. The van der Waals surface area contributed by atoms with E-state index >= 15 is 0 Å². The summed E-state index contributed by atoms with van der Waals surface area (Å²) in [5.74, 6) is 0.599. The van der Waals surface area contributed by atoms with Crippen LogP contribution in [0.5, 0.6) is 5.75 Å². The number of aromatic amines is 1.